The van der Waals surface area contributed by atoms with Crippen molar-refractivity contribution in [2.75, 3.05) is 11.9 Å². The minimum Gasteiger partial charge on any atom is -0.494 e. The summed E-state index contributed by atoms with van der Waals surface area (Å²) in [6.45, 7) is 2.49. The molecule has 1 aromatic heterocycles. The van der Waals surface area contributed by atoms with Crippen molar-refractivity contribution < 1.29 is 13.7 Å². The van der Waals surface area contributed by atoms with Gasteiger partial charge in [-0.15, -0.1) is 0 Å². The first-order valence-corrected chi connectivity index (χ1v) is 10.2. The highest BCUT2D eigenvalue weighted by atomic mass is 32.2. The molecule has 1 aliphatic heterocycles. The van der Waals surface area contributed by atoms with E-state index in [1.165, 1.54) is 0 Å². The molecule has 7 heteroatoms. The number of nitrogens with zero attached hydrogens (tertiary/aromatic N) is 2. The van der Waals surface area contributed by atoms with Crippen molar-refractivity contribution in [3.05, 3.63) is 71.4 Å². The maximum atomic E-state index is 12.8. The zero-order valence-electron chi connectivity index (χ0n) is 14.8. The minimum atomic E-state index is -0.972. The fraction of sp³-hybridized carbons (Fsp3) is 0.200. The van der Waals surface area contributed by atoms with Crippen molar-refractivity contribution in [3.8, 4) is 11.4 Å². The number of hydrogen-bond acceptors (Lipinski definition) is 4. The molecule has 27 heavy (non-hydrogen) atoms. The zero-order valence-corrected chi connectivity index (χ0v) is 15.7. The van der Waals surface area contributed by atoms with Crippen LogP contribution in [-0.4, -0.2) is 26.5 Å². The fourth-order valence-electron chi connectivity index (χ4n) is 3.06. The summed E-state index contributed by atoms with van der Waals surface area (Å²) in [4.78, 5) is 12.8. The Balaban J connectivity index is 1.66. The number of fused-ring (bicyclic) bond motifs is 1. The number of ether oxygens (including phenoxy) is 1. The Kier molecular flexibility index (Phi) is 4.77. The molecule has 0 bridgehead atoms. The van der Waals surface area contributed by atoms with Gasteiger partial charge in [-0.05, 0) is 43.3 Å². The summed E-state index contributed by atoms with van der Waals surface area (Å²) in [7, 11) is -0.972. The number of benzene rings is 2. The maximum absolute atomic E-state index is 12.8. The molecule has 0 fully saturated rings. The van der Waals surface area contributed by atoms with E-state index in [0.29, 0.717) is 29.5 Å². The summed E-state index contributed by atoms with van der Waals surface area (Å²) in [5.41, 5.74) is 2.99. The number of para-hydroxylation sites is 1. The molecule has 0 saturated heterocycles. The Morgan fingerprint density at radius 2 is 1.89 bits per heavy atom. The Morgan fingerprint density at radius 1 is 1.15 bits per heavy atom. The summed E-state index contributed by atoms with van der Waals surface area (Å²) in [5.74, 6) is 1.89. The van der Waals surface area contributed by atoms with Crippen LogP contribution in [0.15, 0.2) is 54.6 Å². The molecule has 1 aliphatic rings. The second-order valence-electron chi connectivity index (χ2n) is 6.16. The first-order chi connectivity index (χ1) is 13.2. The molecule has 0 aliphatic carbocycles. The third-order valence-corrected chi connectivity index (χ3v) is 5.54. The Morgan fingerprint density at radius 3 is 2.59 bits per heavy atom. The monoisotopic (exact) mass is 381 g/mol. The molecule has 1 N–H and O–H groups in total. The topological polar surface area (TPSA) is 73.2 Å². The molecule has 4 rings (SSSR count). The number of aromatic nitrogens is 2. The molecule has 1 atom stereocenters. The fourth-order valence-corrected chi connectivity index (χ4v) is 4.33. The average Bonchev–Trinajstić information content (AvgIpc) is 3.20. The molecule has 2 aromatic carbocycles. The van der Waals surface area contributed by atoms with Gasteiger partial charge in [0, 0.05) is 21.9 Å². The molecular weight excluding hydrogens is 362 g/mol. The first kappa shape index (κ1) is 17.5. The number of hydrogen-bond donors (Lipinski definition) is 1. The minimum absolute atomic E-state index is 0.240. The van der Waals surface area contributed by atoms with Crippen LogP contribution >= 0.6 is 0 Å². The van der Waals surface area contributed by atoms with E-state index < -0.39 is 10.8 Å². The number of anilines is 1. The highest BCUT2D eigenvalue weighted by molar-refractivity contribution is 7.83. The van der Waals surface area contributed by atoms with Gasteiger partial charge in [0.05, 0.1) is 29.5 Å². The van der Waals surface area contributed by atoms with Gasteiger partial charge >= 0.3 is 0 Å². The van der Waals surface area contributed by atoms with Crippen LogP contribution in [0.1, 0.15) is 28.5 Å². The van der Waals surface area contributed by atoms with Gasteiger partial charge in [0.1, 0.15) is 11.6 Å². The van der Waals surface area contributed by atoms with Gasteiger partial charge in [-0.2, -0.15) is 5.10 Å². The molecule has 0 radical (unpaired) electrons. The second kappa shape index (κ2) is 7.36. The van der Waals surface area contributed by atoms with Crippen molar-refractivity contribution in [3.63, 3.8) is 0 Å². The van der Waals surface area contributed by atoms with E-state index in [2.05, 4.69) is 10.4 Å². The highest BCUT2D eigenvalue weighted by Crippen LogP contribution is 2.31. The second-order valence-corrected chi connectivity index (χ2v) is 7.62. The van der Waals surface area contributed by atoms with Gasteiger partial charge < -0.3 is 10.1 Å². The Labute approximate surface area is 159 Å². The van der Waals surface area contributed by atoms with Crippen LogP contribution in [0.25, 0.3) is 5.69 Å². The summed E-state index contributed by atoms with van der Waals surface area (Å²) in [5, 5.41) is 7.55. The van der Waals surface area contributed by atoms with Crippen molar-refractivity contribution in [1.29, 1.82) is 0 Å². The number of carbonyl (C=O) groups is 1. The van der Waals surface area contributed by atoms with E-state index in [4.69, 9.17) is 4.74 Å². The predicted molar refractivity (Wildman–Crippen MR) is 105 cm³/mol. The SMILES string of the molecule is CCOc1ccc(C(=O)Nc2c3c(nn2-c2ccccc2)C[S@@](=O)C3)cc1. The summed E-state index contributed by atoms with van der Waals surface area (Å²) in [6, 6.07) is 16.6. The van der Waals surface area contributed by atoms with Crippen LogP contribution in [-0.2, 0) is 22.3 Å². The van der Waals surface area contributed by atoms with Gasteiger partial charge in [-0.1, -0.05) is 18.2 Å². The lowest BCUT2D eigenvalue weighted by molar-refractivity contribution is 0.102. The van der Waals surface area contributed by atoms with Crippen LogP contribution in [0.2, 0.25) is 0 Å². The Hall–Kier alpha value is -2.93. The van der Waals surface area contributed by atoms with Crippen LogP contribution in [0, 0.1) is 0 Å². The van der Waals surface area contributed by atoms with E-state index in [1.54, 1.807) is 28.9 Å². The lowest BCUT2D eigenvalue weighted by Gasteiger charge is -2.11. The summed E-state index contributed by atoms with van der Waals surface area (Å²) >= 11 is 0. The van der Waals surface area contributed by atoms with Crippen LogP contribution in [0.5, 0.6) is 5.75 Å². The molecule has 1 amide bonds. The largest absolute Gasteiger partial charge is 0.494 e. The molecule has 0 spiro atoms. The average molecular weight is 381 g/mol. The quantitative estimate of drug-likeness (QED) is 0.736. The molecule has 2 heterocycles. The third-order valence-electron chi connectivity index (χ3n) is 4.33. The molecule has 138 valence electrons. The van der Waals surface area contributed by atoms with E-state index in [0.717, 1.165) is 22.7 Å². The van der Waals surface area contributed by atoms with Gasteiger partial charge in [-0.3, -0.25) is 9.00 Å². The Bertz CT molecular complexity index is 997. The van der Waals surface area contributed by atoms with E-state index in [-0.39, 0.29) is 5.91 Å². The lowest BCUT2D eigenvalue weighted by Crippen LogP contribution is -2.16. The van der Waals surface area contributed by atoms with Crippen molar-refractivity contribution >= 4 is 22.5 Å². The summed E-state index contributed by atoms with van der Waals surface area (Å²) in [6.07, 6.45) is 0. The highest BCUT2D eigenvalue weighted by Gasteiger charge is 2.28. The summed E-state index contributed by atoms with van der Waals surface area (Å²) < 4.78 is 19.1. The first-order valence-electron chi connectivity index (χ1n) is 8.71. The predicted octanol–water partition coefficient (Wildman–Crippen LogP) is 3.29. The number of rotatable bonds is 5. The molecule has 0 unspecified atom stereocenters. The molecular formula is C20H19N3O3S. The van der Waals surface area contributed by atoms with Crippen LogP contribution in [0.3, 0.4) is 0 Å². The van der Waals surface area contributed by atoms with Crippen LogP contribution < -0.4 is 10.1 Å². The zero-order chi connectivity index (χ0) is 18.8. The van der Waals surface area contributed by atoms with Gasteiger partial charge in [0.15, 0.2) is 0 Å². The van der Waals surface area contributed by atoms with Crippen molar-refractivity contribution in [1.82, 2.24) is 9.78 Å². The van der Waals surface area contributed by atoms with Gasteiger partial charge in [0.25, 0.3) is 5.91 Å². The number of amides is 1. The van der Waals surface area contributed by atoms with Crippen LogP contribution in [0.4, 0.5) is 5.82 Å². The van der Waals surface area contributed by atoms with E-state index in [9.17, 15) is 9.00 Å². The normalized spacial score (nSPS) is 15.4. The number of nitrogens with one attached hydrogen (secondary N) is 1. The third kappa shape index (κ3) is 3.50. The molecule has 3 aromatic rings. The smallest absolute Gasteiger partial charge is 0.256 e. The van der Waals surface area contributed by atoms with E-state index >= 15 is 0 Å². The van der Waals surface area contributed by atoms with Gasteiger partial charge in [-0.25, -0.2) is 4.68 Å². The molecule has 6 nitrogen and oxygen atoms in total. The lowest BCUT2D eigenvalue weighted by atomic mass is 10.2. The van der Waals surface area contributed by atoms with Crippen molar-refractivity contribution in [2.45, 2.75) is 18.4 Å². The van der Waals surface area contributed by atoms with Crippen molar-refractivity contribution in [2.24, 2.45) is 0 Å². The maximum Gasteiger partial charge on any atom is 0.256 e. The molecule has 0 saturated carbocycles. The van der Waals surface area contributed by atoms with E-state index in [1.807, 2.05) is 37.3 Å². The number of carbonyl (C=O) groups excluding carboxylic acids is 1. The standard InChI is InChI=1S/C20H19N3O3S/c1-2-26-16-10-8-14(9-11-16)20(24)21-19-17-12-27(25)13-18(17)22-23(19)15-6-4-3-5-7-15/h3-11H,2,12-13H2,1H3,(H,21,24)/t27-/m0/s1. The van der Waals surface area contributed by atoms with Gasteiger partial charge in [0.2, 0.25) is 0 Å².